The Morgan fingerprint density at radius 2 is 0.818 bits per heavy atom. The highest BCUT2D eigenvalue weighted by Crippen LogP contribution is 2.19. The van der Waals surface area contributed by atoms with Gasteiger partial charge in [0.2, 0.25) is 0 Å². The predicted octanol–water partition coefficient (Wildman–Crippen LogP) is 14.1. The molecule has 1 aromatic heterocycles. The zero-order chi connectivity index (χ0) is 31.5. The van der Waals surface area contributed by atoms with Crippen LogP contribution in [0.15, 0.2) is 54.6 Å². The maximum atomic E-state index is 4.58. The van der Waals surface area contributed by atoms with E-state index in [-0.39, 0.29) is 0 Å². The molecule has 0 N–H and O–H groups in total. The summed E-state index contributed by atoms with van der Waals surface area (Å²) in [6.45, 7) is 2.30. The molecule has 0 bridgehead atoms. The summed E-state index contributed by atoms with van der Waals surface area (Å²) < 4.78 is 0.720. The van der Waals surface area contributed by atoms with Gasteiger partial charge in [-0.2, -0.15) is 0 Å². The van der Waals surface area contributed by atoms with Crippen LogP contribution in [0.2, 0.25) is 0 Å². The van der Waals surface area contributed by atoms with E-state index in [4.69, 9.17) is 0 Å². The molecule has 2 aromatic carbocycles. The van der Waals surface area contributed by atoms with Gasteiger partial charge < -0.3 is 0 Å². The van der Waals surface area contributed by atoms with Gasteiger partial charge in [0, 0.05) is 10.8 Å². The summed E-state index contributed by atoms with van der Waals surface area (Å²) in [5, 5.41) is 2.40. The second kappa shape index (κ2) is 27.0. The van der Waals surface area contributed by atoms with Gasteiger partial charge in [-0.25, -0.2) is 4.98 Å². The molecule has 0 aliphatic heterocycles. The molecule has 3 heteroatoms. The van der Waals surface area contributed by atoms with Crippen molar-refractivity contribution in [3.8, 4) is 0 Å². The van der Waals surface area contributed by atoms with Crippen molar-refractivity contribution in [3.63, 3.8) is 0 Å². The average Bonchev–Trinajstić information content (AvgIpc) is 3.04. The van der Waals surface area contributed by atoms with E-state index in [1.807, 2.05) is 36.4 Å². The normalized spacial score (nSPS) is 12.1. The van der Waals surface area contributed by atoms with Gasteiger partial charge >= 0.3 is 0 Å². The Morgan fingerprint density at radius 1 is 0.500 bits per heavy atom. The predicted molar refractivity (Wildman–Crippen MR) is 207 cm³/mol. The van der Waals surface area contributed by atoms with Crippen LogP contribution in [0.5, 0.6) is 0 Å². The number of para-hydroxylation sites is 2. The van der Waals surface area contributed by atoms with E-state index in [1.54, 1.807) is 0 Å². The van der Waals surface area contributed by atoms with Crippen molar-refractivity contribution in [3.05, 3.63) is 54.6 Å². The molecule has 3 aromatic rings. The number of fused-ring (bicyclic) bond motifs is 2. The molecule has 0 radical (unpaired) electrons. The SMILES string of the molecule is CCCCCCCCCCCCCCCCCCCCCCCCCC(I)N(C)C.c1ccc2nc3ccccc3cc2c1. The van der Waals surface area contributed by atoms with Crippen LogP contribution in [0.1, 0.15) is 161 Å². The number of halogens is 1. The summed E-state index contributed by atoms with van der Waals surface area (Å²) in [5.41, 5.74) is 2.12. The summed E-state index contributed by atoms with van der Waals surface area (Å²) in [6, 6.07) is 18.6. The van der Waals surface area contributed by atoms with Crippen LogP contribution in [-0.4, -0.2) is 28.0 Å². The fourth-order valence-electron chi connectivity index (χ4n) is 6.08. The van der Waals surface area contributed by atoms with E-state index in [1.165, 1.54) is 165 Å². The maximum Gasteiger partial charge on any atom is 0.0709 e. The molecule has 0 saturated heterocycles. The maximum absolute atomic E-state index is 4.58. The molecule has 2 nitrogen and oxygen atoms in total. The van der Waals surface area contributed by atoms with Gasteiger partial charge in [-0.3, -0.25) is 4.90 Å². The third kappa shape index (κ3) is 19.3. The highest BCUT2D eigenvalue weighted by atomic mass is 127. The van der Waals surface area contributed by atoms with Gasteiger partial charge in [0.25, 0.3) is 0 Å². The number of hydrogen-bond acceptors (Lipinski definition) is 2. The molecule has 0 saturated carbocycles. The van der Waals surface area contributed by atoms with Crippen molar-refractivity contribution in [2.75, 3.05) is 14.1 Å². The first-order valence-electron chi connectivity index (χ1n) is 18.7. The van der Waals surface area contributed by atoms with Gasteiger partial charge in [0.05, 0.1) is 15.1 Å². The van der Waals surface area contributed by atoms with E-state index in [9.17, 15) is 0 Å². The van der Waals surface area contributed by atoms with E-state index in [0.717, 1.165) is 15.1 Å². The molecule has 0 fully saturated rings. The fourth-order valence-corrected chi connectivity index (χ4v) is 6.52. The Morgan fingerprint density at radius 3 is 1.16 bits per heavy atom. The molecule has 1 atom stereocenters. The monoisotopic (exact) mass is 714 g/mol. The van der Waals surface area contributed by atoms with Gasteiger partial charge in [-0.05, 0) is 38.7 Å². The van der Waals surface area contributed by atoms with Crippen LogP contribution in [0.4, 0.5) is 0 Å². The van der Waals surface area contributed by atoms with E-state index >= 15 is 0 Å². The summed E-state index contributed by atoms with van der Waals surface area (Å²) >= 11 is 2.57. The molecule has 0 aliphatic rings. The first kappa shape index (κ1) is 39.0. The molecular weight excluding hydrogens is 647 g/mol. The zero-order valence-electron chi connectivity index (χ0n) is 29.0. The number of hydrogen-bond donors (Lipinski definition) is 0. The lowest BCUT2D eigenvalue weighted by Gasteiger charge is -2.17. The van der Waals surface area contributed by atoms with Crippen molar-refractivity contribution >= 4 is 44.4 Å². The molecule has 0 spiro atoms. The topological polar surface area (TPSA) is 16.1 Å². The largest absolute Gasteiger partial charge is 0.298 e. The fraction of sp³-hybridized carbons (Fsp3) is 0.683. The third-order valence-corrected chi connectivity index (χ3v) is 10.8. The molecule has 0 amide bonds. The molecule has 1 unspecified atom stereocenters. The molecule has 0 aliphatic carbocycles. The Balaban J connectivity index is 0.000000391. The smallest absolute Gasteiger partial charge is 0.0709 e. The molecular formula is C41H67IN2. The summed E-state index contributed by atoms with van der Waals surface area (Å²) in [4.78, 5) is 6.91. The number of alkyl halides is 1. The van der Waals surface area contributed by atoms with Gasteiger partial charge in [-0.15, -0.1) is 0 Å². The van der Waals surface area contributed by atoms with Gasteiger partial charge in [0.1, 0.15) is 0 Å². The first-order chi connectivity index (χ1) is 21.6. The van der Waals surface area contributed by atoms with E-state index in [2.05, 4.69) is 71.7 Å². The third-order valence-electron chi connectivity index (χ3n) is 9.03. The number of nitrogens with zero attached hydrogens (tertiary/aromatic N) is 2. The van der Waals surface area contributed by atoms with Crippen molar-refractivity contribution in [1.29, 1.82) is 0 Å². The first-order valence-corrected chi connectivity index (χ1v) is 19.9. The Labute approximate surface area is 286 Å². The number of pyridine rings is 1. The molecule has 248 valence electrons. The highest BCUT2D eigenvalue weighted by molar-refractivity contribution is 14.1. The van der Waals surface area contributed by atoms with Crippen LogP contribution >= 0.6 is 22.6 Å². The number of unbranched alkanes of at least 4 members (excludes halogenated alkanes) is 22. The zero-order valence-corrected chi connectivity index (χ0v) is 31.2. The van der Waals surface area contributed by atoms with Gasteiger partial charge in [0.15, 0.2) is 0 Å². The van der Waals surface area contributed by atoms with Gasteiger partial charge in [-0.1, -0.05) is 214 Å². The Kier molecular flexibility index (Phi) is 23.9. The van der Waals surface area contributed by atoms with Crippen molar-refractivity contribution < 1.29 is 0 Å². The lowest BCUT2D eigenvalue weighted by atomic mass is 10.0. The minimum atomic E-state index is 0.720. The van der Waals surface area contributed by atoms with Crippen LogP contribution in [0, 0.1) is 0 Å². The number of rotatable bonds is 25. The minimum absolute atomic E-state index is 0.720. The quantitative estimate of drug-likeness (QED) is 0.0286. The van der Waals surface area contributed by atoms with Crippen molar-refractivity contribution in [2.45, 2.75) is 165 Å². The van der Waals surface area contributed by atoms with Crippen molar-refractivity contribution in [2.24, 2.45) is 0 Å². The van der Waals surface area contributed by atoms with E-state index < -0.39 is 0 Å². The number of aromatic nitrogens is 1. The summed E-state index contributed by atoms with van der Waals surface area (Å²) in [6.07, 6.45) is 35.2. The Bertz CT molecular complexity index is 960. The van der Waals surface area contributed by atoms with Crippen LogP contribution in [-0.2, 0) is 0 Å². The highest BCUT2D eigenvalue weighted by Gasteiger charge is 2.05. The summed E-state index contributed by atoms with van der Waals surface area (Å²) in [5.74, 6) is 0. The van der Waals surface area contributed by atoms with E-state index in [0.29, 0.717) is 0 Å². The average molecular weight is 715 g/mol. The molecule has 1 heterocycles. The molecule has 44 heavy (non-hydrogen) atoms. The summed E-state index contributed by atoms with van der Waals surface area (Å²) in [7, 11) is 4.38. The van der Waals surface area contributed by atoms with Crippen LogP contribution < -0.4 is 0 Å². The lowest BCUT2D eigenvalue weighted by Crippen LogP contribution is -2.21. The van der Waals surface area contributed by atoms with Crippen LogP contribution in [0.25, 0.3) is 21.8 Å². The second-order valence-electron chi connectivity index (χ2n) is 13.3. The lowest BCUT2D eigenvalue weighted by molar-refractivity contribution is 0.372. The van der Waals surface area contributed by atoms with Crippen molar-refractivity contribution in [1.82, 2.24) is 9.88 Å². The standard InChI is InChI=1S/C28H58IN.C13H9N/c1-4-5-6-7-8-9-10-11-12-13-14-15-16-17-18-19-20-21-22-23-24-25-26-27-28(29)30(2)3;1-3-7-12-10(5-1)9-11-6-2-4-8-13(11)14-12/h28H,4-27H2,1-3H3;1-9H. The minimum Gasteiger partial charge on any atom is -0.298 e. The molecule has 3 rings (SSSR count). The van der Waals surface area contributed by atoms with Crippen LogP contribution in [0.3, 0.4) is 0 Å². The Hall–Kier alpha value is -1.20. The number of benzene rings is 2. The second-order valence-corrected chi connectivity index (χ2v) is 14.8.